The highest BCUT2D eigenvalue weighted by atomic mass is 35.5. The van der Waals surface area contributed by atoms with Gasteiger partial charge in [-0.1, -0.05) is 37.4 Å². The molecule has 0 aromatic carbocycles. The van der Waals surface area contributed by atoms with Crippen LogP contribution in [0.15, 0.2) is 18.3 Å². The van der Waals surface area contributed by atoms with Crippen molar-refractivity contribution in [3.63, 3.8) is 0 Å². The number of halogens is 2. The minimum absolute atomic E-state index is 0. The van der Waals surface area contributed by atoms with Gasteiger partial charge in [0.05, 0.1) is 0 Å². The van der Waals surface area contributed by atoms with E-state index in [0.717, 1.165) is 12.5 Å². The van der Waals surface area contributed by atoms with Crippen LogP contribution in [0.4, 0.5) is 0 Å². The van der Waals surface area contributed by atoms with Gasteiger partial charge in [-0.2, -0.15) is 0 Å². The fourth-order valence-electron chi connectivity index (χ4n) is 2.39. The Morgan fingerprint density at radius 1 is 1.41 bits per heavy atom. The molecule has 0 radical (unpaired) electrons. The van der Waals surface area contributed by atoms with Crippen LogP contribution in [-0.4, -0.2) is 11.0 Å². The van der Waals surface area contributed by atoms with Crippen LogP contribution in [0.1, 0.15) is 38.2 Å². The summed E-state index contributed by atoms with van der Waals surface area (Å²) in [5.41, 5.74) is 1.21. The molecule has 1 aliphatic rings. The molecule has 0 amide bonds. The number of nitrogens with zero attached hydrogens (tertiary/aromatic N) is 1. The average Bonchev–Trinajstić information content (AvgIpc) is 2.28. The van der Waals surface area contributed by atoms with E-state index in [9.17, 15) is 0 Å². The predicted octanol–water partition coefficient (Wildman–Crippen LogP) is 3.83. The molecule has 4 heteroatoms. The van der Waals surface area contributed by atoms with E-state index in [2.05, 4.69) is 17.2 Å². The highest BCUT2D eigenvalue weighted by molar-refractivity contribution is 6.29. The van der Waals surface area contributed by atoms with Crippen molar-refractivity contribution in [3.05, 3.63) is 29.0 Å². The van der Waals surface area contributed by atoms with Crippen molar-refractivity contribution >= 4 is 24.0 Å². The van der Waals surface area contributed by atoms with Crippen LogP contribution in [-0.2, 0) is 6.54 Å². The molecule has 2 rings (SSSR count). The minimum Gasteiger partial charge on any atom is -0.310 e. The van der Waals surface area contributed by atoms with Gasteiger partial charge in [0, 0.05) is 18.8 Å². The van der Waals surface area contributed by atoms with Crippen LogP contribution in [0.5, 0.6) is 0 Å². The smallest absolute Gasteiger partial charge is 0.129 e. The second-order valence-corrected chi connectivity index (χ2v) is 5.23. The van der Waals surface area contributed by atoms with Gasteiger partial charge in [0.15, 0.2) is 0 Å². The first-order chi connectivity index (χ1) is 7.74. The van der Waals surface area contributed by atoms with Gasteiger partial charge in [0.25, 0.3) is 0 Å². The Balaban J connectivity index is 0.00000144. The van der Waals surface area contributed by atoms with Gasteiger partial charge in [-0.3, -0.25) is 0 Å². The summed E-state index contributed by atoms with van der Waals surface area (Å²) in [6.45, 7) is 3.25. The van der Waals surface area contributed by atoms with E-state index in [-0.39, 0.29) is 12.4 Å². The molecule has 1 aliphatic carbocycles. The number of pyridine rings is 1. The molecule has 0 aliphatic heterocycles. The van der Waals surface area contributed by atoms with E-state index in [4.69, 9.17) is 11.6 Å². The summed E-state index contributed by atoms with van der Waals surface area (Å²) in [6, 6.07) is 4.57. The van der Waals surface area contributed by atoms with E-state index in [1.54, 1.807) is 0 Å². The van der Waals surface area contributed by atoms with Crippen molar-refractivity contribution in [2.45, 2.75) is 45.2 Å². The Morgan fingerprint density at radius 2 is 2.24 bits per heavy atom. The Labute approximate surface area is 115 Å². The van der Waals surface area contributed by atoms with Crippen molar-refractivity contribution in [1.82, 2.24) is 10.3 Å². The molecule has 0 saturated heterocycles. The summed E-state index contributed by atoms with van der Waals surface area (Å²) in [7, 11) is 0. The standard InChI is InChI=1S/C13H19ClN2.ClH/c1-10-3-2-4-12(7-10)15-8-11-5-6-13(14)16-9-11;/h5-6,9-10,12,15H,2-4,7-8H2,1H3;1H. The van der Waals surface area contributed by atoms with Crippen molar-refractivity contribution in [2.24, 2.45) is 5.92 Å². The quantitative estimate of drug-likeness (QED) is 0.848. The second kappa shape index (κ2) is 7.20. The maximum absolute atomic E-state index is 5.75. The fraction of sp³-hybridized carbons (Fsp3) is 0.615. The molecular weight excluding hydrogens is 255 g/mol. The van der Waals surface area contributed by atoms with Gasteiger partial charge < -0.3 is 5.32 Å². The summed E-state index contributed by atoms with van der Waals surface area (Å²) in [5.74, 6) is 0.870. The molecule has 1 saturated carbocycles. The van der Waals surface area contributed by atoms with Crippen LogP contribution >= 0.6 is 24.0 Å². The van der Waals surface area contributed by atoms with Gasteiger partial charge in [0.2, 0.25) is 0 Å². The lowest BCUT2D eigenvalue weighted by Gasteiger charge is -2.27. The van der Waals surface area contributed by atoms with Gasteiger partial charge in [-0.25, -0.2) is 4.98 Å². The van der Waals surface area contributed by atoms with Gasteiger partial charge >= 0.3 is 0 Å². The third kappa shape index (κ3) is 4.82. The third-order valence-corrected chi connectivity index (χ3v) is 3.54. The Hall–Kier alpha value is -0.310. The predicted molar refractivity (Wildman–Crippen MR) is 74.8 cm³/mol. The molecular formula is C13H20Cl2N2. The van der Waals surface area contributed by atoms with Crippen LogP contribution in [0.2, 0.25) is 5.15 Å². The number of hydrogen-bond donors (Lipinski definition) is 1. The maximum Gasteiger partial charge on any atom is 0.129 e. The molecule has 1 N–H and O–H groups in total. The van der Waals surface area contributed by atoms with E-state index < -0.39 is 0 Å². The lowest BCUT2D eigenvalue weighted by atomic mass is 9.87. The molecule has 2 atom stereocenters. The number of nitrogens with one attached hydrogen (secondary N) is 1. The van der Waals surface area contributed by atoms with E-state index in [0.29, 0.717) is 11.2 Å². The first-order valence-corrected chi connectivity index (χ1v) is 6.45. The SMILES string of the molecule is CC1CCCC(NCc2ccc(Cl)nc2)C1.Cl. The van der Waals surface area contributed by atoms with Crippen molar-refractivity contribution in [1.29, 1.82) is 0 Å². The number of aromatic nitrogens is 1. The highest BCUT2D eigenvalue weighted by Crippen LogP contribution is 2.23. The number of rotatable bonds is 3. The van der Waals surface area contributed by atoms with Gasteiger partial charge in [0.1, 0.15) is 5.15 Å². The largest absolute Gasteiger partial charge is 0.310 e. The fourth-order valence-corrected chi connectivity index (χ4v) is 2.50. The van der Waals surface area contributed by atoms with Crippen LogP contribution in [0.3, 0.4) is 0 Å². The molecule has 2 unspecified atom stereocenters. The third-order valence-electron chi connectivity index (χ3n) is 3.32. The van der Waals surface area contributed by atoms with Crippen molar-refractivity contribution in [3.8, 4) is 0 Å². The lowest BCUT2D eigenvalue weighted by Crippen LogP contribution is -2.33. The monoisotopic (exact) mass is 274 g/mol. The molecule has 1 fully saturated rings. The zero-order valence-electron chi connectivity index (χ0n) is 10.2. The second-order valence-electron chi connectivity index (χ2n) is 4.84. The Bertz CT molecular complexity index is 327. The average molecular weight is 275 g/mol. The first-order valence-electron chi connectivity index (χ1n) is 6.08. The minimum atomic E-state index is 0. The highest BCUT2D eigenvalue weighted by Gasteiger charge is 2.17. The molecule has 0 bridgehead atoms. The summed E-state index contributed by atoms with van der Waals surface area (Å²) >= 11 is 5.75. The van der Waals surface area contributed by atoms with Crippen LogP contribution < -0.4 is 5.32 Å². The summed E-state index contributed by atoms with van der Waals surface area (Å²) in [6.07, 6.45) is 7.21. The number of hydrogen-bond acceptors (Lipinski definition) is 2. The molecule has 1 heterocycles. The molecule has 96 valence electrons. The van der Waals surface area contributed by atoms with Gasteiger partial charge in [-0.15, -0.1) is 12.4 Å². The van der Waals surface area contributed by atoms with Crippen molar-refractivity contribution in [2.75, 3.05) is 0 Å². The maximum atomic E-state index is 5.75. The molecule has 1 aromatic heterocycles. The van der Waals surface area contributed by atoms with E-state index in [1.165, 1.54) is 31.2 Å². The molecule has 1 aromatic rings. The van der Waals surface area contributed by atoms with Crippen molar-refractivity contribution < 1.29 is 0 Å². The molecule has 2 nitrogen and oxygen atoms in total. The summed E-state index contributed by atoms with van der Waals surface area (Å²) in [5, 5.41) is 4.17. The van der Waals surface area contributed by atoms with E-state index >= 15 is 0 Å². The summed E-state index contributed by atoms with van der Waals surface area (Å²) < 4.78 is 0. The van der Waals surface area contributed by atoms with Gasteiger partial charge in [-0.05, 0) is 30.4 Å². The van der Waals surface area contributed by atoms with Crippen LogP contribution in [0.25, 0.3) is 0 Å². The molecule has 17 heavy (non-hydrogen) atoms. The molecule has 0 spiro atoms. The Kier molecular flexibility index (Phi) is 6.24. The zero-order chi connectivity index (χ0) is 11.4. The Morgan fingerprint density at radius 3 is 2.88 bits per heavy atom. The summed E-state index contributed by atoms with van der Waals surface area (Å²) in [4.78, 5) is 4.08. The normalized spacial score (nSPS) is 24.1. The van der Waals surface area contributed by atoms with Crippen LogP contribution in [0, 0.1) is 5.92 Å². The lowest BCUT2D eigenvalue weighted by molar-refractivity contribution is 0.300. The first kappa shape index (κ1) is 14.7. The topological polar surface area (TPSA) is 24.9 Å². The zero-order valence-corrected chi connectivity index (χ0v) is 11.7. The van der Waals surface area contributed by atoms with E-state index in [1.807, 2.05) is 18.3 Å².